The summed E-state index contributed by atoms with van der Waals surface area (Å²) >= 11 is 1.45. The zero-order valence-electron chi connectivity index (χ0n) is 20.0. The van der Waals surface area contributed by atoms with E-state index in [1.165, 1.54) is 11.8 Å². The molecule has 1 N–H and O–H groups in total. The number of hydrogen-bond donors (Lipinski definition) is 1. The first-order valence-corrected chi connectivity index (χ1v) is 12.9. The van der Waals surface area contributed by atoms with Crippen LogP contribution in [0.2, 0.25) is 0 Å². The summed E-state index contributed by atoms with van der Waals surface area (Å²) in [4.78, 5) is 19.8. The molecule has 1 atom stereocenters. The molecule has 184 valence electrons. The fourth-order valence-electron chi connectivity index (χ4n) is 4.22. The molecule has 3 aromatic rings. The molecule has 2 aliphatic rings. The van der Waals surface area contributed by atoms with Gasteiger partial charge in [0.25, 0.3) is 0 Å². The van der Waals surface area contributed by atoms with Gasteiger partial charge in [-0.25, -0.2) is 4.98 Å². The van der Waals surface area contributed by atoms with Crippen molar-refractivity contribution < 1.29 is 19.0 Å². The third-order valence-electron chi connectivity index (χ3n) is 6.14. The number of ether oxygens (including phenoxy) is 3. The first-order chi connectivity index (χ1) is 17.1. The van der Waals surface area contributed by atoms with Crippen LogP contribution < -0.4 is 19.7 Å². The van der Waals surface area contributed by atoms with Crippen molar-refractivity contribution in [2.45, 2.75) is 30.8 Å². The standard InChI is InChI=1S/C26H30N4O4S/c1-3-30-22(19-4-9-23-24(16-19)34-15-14-33-23)17-27-26(30)35-18(2)25(31)28-20-5-7-21(8-6-20)29-10-12-32-13-11-29/h4-9,16-18H,3,10-15H2,1-2H3,(H,28,31). The van der Waals surface area contributed by atoms with Gasteiger partial charge in [-0.3, -0.25) is 4.79 Å². The third kappa shape index (κ3) is 5.26. The zero-order chi connectivity index (χ0) is 24.2. The number of carbonyl (C=O) groups excluding carboxylic acids is 1. The summed E-state index contributed by atoms with van der Waals surface area (Å²) in [5, 5.41) is 3.53. The van der Waals surface area contributed by atoms with Gasteiger partial charge in [-0.05, 0) is 56.3 Å². The number of fused-ring (bicyclic) bond motifs is 1. The second-order valence-corrected chi connectivity index (χ2v) is 9.73. The molecule has 1 unspecified atom stereocenters. The normalized spacial score (nSPS) is 16.1. The first-order valence-electron chi connectivity index (χ1n) is 12.0. The van der Waals surface area contributed by atoms with Gasteiger partial charge in [0.1, 0.15) is 13.2 Å². The SMILES string of the molecule is CCn1c(-c2ccc3c(c2)OCCO3)cnc1SC(C)C(=O)Nc1ccc(N2CCOCC2)cc1. The summed E-state index contributed by atoms with van der Waals surface area (Å²) in [6, 6.07) is 13.9. The summed E-state index contributed by atoms with van der Waals surface area (Å²) in [5.41, 5.74) is 3.92. The third-order valence-corrected chi connectivity index (χ3v) is 7.24. The predicted octanol–water partition coefficient (Wildman–Crippen LogP) is 4.30. The minimum absolute atomic E-state index is 0.0549. The largest absolute Gasteiger partial charge is 0.486 e. The second-order valence-electron chi connectivity index (χ2n) is 8.42. The second kappa shape index (κ2) is 10.6. The van der Waals surface area contributed by atoms with Crippen molar-refractivity contribution in [2.75, 3.05) is 49.7 Å². The highest BCUT2D eigenvalue weighted by atomic mass is 32.2. The van der Waals surface area contributed by atoms with Crippen LogP contribution in [0.5, 0.6) is 11.5 Å². The average Bonchev–Trinajstić information content (AvgIpc) is 3.31. The van der Waals surface area contributed by atoms with Gasteiger partial charge in [-0.1, -0.05) is 11.8 Å². The number of thioether (sulfide) groups is 1. The molecule has 8 nitrogen and oxygen atoms in total. The van der Waals surface area contributed by atoms with E-state index in [-0.39, 0.29) is 11.2 Å². The number of aromatic nitrogens is 2. The molecule has 0 radical (unpaired) electrons. The van der Waals surface area contributed by atoms with E-state index in [0.29, 0.717) is 13.2 Å². The molecule has 2 aromatic carbocycles. The minimum Gasteiger partial charge on any atom is -0.486 e. The van der Waals surface area contributed by atoms with Crippen LogP contribution >= 0.6 is 11.8 Å². The molecule has 5 rings (SSSR count). The number of carbonyl (C=O) groups is 1. The van der Waals surface area contributed by atoms with Crippen molar-refractivity contribution in [3.8, 4) is 22.8 Å². The molecule has 0 bridgehead atoms. The molecule has 2 aliphatic heterocycles. The van der Waals surface area contributed by atoms with Crippen LogP contribution in [0, 0.1) is 0 Å². The number of amides is 1. The number of benzene rings is 2. The molecule has 1 fully saturated rings. The molecule has 1 saturated heterocycles. The number of morpholine rings is 1. The van der Waals surface area contributed by atoms with Gasteiger partial charge in [-0.2, -0.15) is 0 Å². The molecule has 0 saturated carbocycles. The molecule has 9 heteroatoms. The van der Waals surface area contributed by atoms with Crippen molar-refractivity contribution in [2.24, 2.45) is 0 Å². The maximum absolute atomic E-state index is 12.9. The maximum Gasteiger partial charge on any atom is 0.237 e. The smallest absolute Gasteiger partial charge is 0.237 e. The van der Waals surface area contributed by atoms with E-state index in [9.17, 15) is 4.79 Å². The Bertz CT molecular complexity index is 1170. The molecular weight excluding hydrogens is 464 g/mol. The van der Waals surface area contributed by atoms with Gasteiger partial charge in [0.05, 0.1) is 30.4 Å². The van der Waals surface area contributed by atoms with E-state index in [2.05, 4.69) is 26.7 Å². The highest BCUT2D eigenvalue weighted by molar-refractivity contribution is 8.00. The lowest BCUT2D eigenvalue weighted by atomic mass is 10.1. The topological polar surface area (TPSA) is 77.8 Å². The van der Waals surface area contributed by atoms with Crippen molar-refractivity contribution >= 4 is 29.0 Å². The summed E-state index contributed by atoms with van der Waals surface area (Å²) in [7, 11) is 0. The molecular formula is C26H30N4O4S. The molecule has 3 heterocycles. The van der Waals surface area contributed by atoms with Crippen molar-refractivity contribution in [3.63, 3.8) is 0 Å². The van der Waals surface area contributed by atoms with Gasteiger partial charge >= 0.3 is 0 Å². The Morgan fingerprint density at radius 3 is 2.54 bits per heavy atom. The van der Waals surface area contributed by atoms with Gasteiger partial charge in [-0.15, -0.1) is 0 Å². The van der Waals surface area contributed by atoms with E-state index < -0.39 is 0 Å². The number of rotatable bonds is 7. The Kier molecular flexibility index (Phi) is 7.15. The molecule has 1 aromatic heterocycles. The van der Waals surface area contributed by atoms with E-state index >= 15 is 0 Å². The molecule has 1 amide bonds. The highest BCUT2D eigenvalue weighted by Crippen LogP contribution is 2.36. The lowest BCUT2D eigenvalue weighted by Crippen LogP contribution is -2.36. The van der Waals surface area contributed by atoms with Gasteiger partial charge in [0, 0.05) is 36.6 Å². The van der Waals surface area contributed by atoms with E-state index in [0.717, 1.165) is 72.1 Å². The Labute approximate surface area is 209 Å². The van der Waals surface area contributed by atoms with E-state index in [4.69, 9.17) is 14.2 Å². The summed E-state index contributed by atoms with van der Waals surface area (Å²) < 4.78 is 18.9. The Morgan fingerprint density at radius 2 is 1.80 bits per heavy atom. The molecule has 35 heavy (non-hydrogen) atoms. The fourth-order valence-corrected chi connectivity index (χ4v) is 5.17. The summed E-state index contributed by atoms with van der Waals surface area (Å²) in [6.07, 6.45) is 1.85. The van der Waals surface area contributed by atoms with Gasteiger partial charge in [0.2, 0.25) is 5.91 Å². The van der Waals surface area contributed by atoms with Crippen LogP contribution in [-0.2, 0) is 16.1 Å². The quantitative estimate of drug-likeness (QED) is 0.491. The minimum atomic E-state index is -0.310. The van der Waals surface area contributed by atoms with Gasteiger partial charge in [0.15, 0.2) is 16.7 Å². The van der Waals surface area contributed by atoms with Gasteiger partial charge < -0.3 is 29.0 Å². The molecule has 0 spiro atoms. The Morgan fingerprint density at radius 1 is 1.06 bits per heavy atom. The van der Waals surface area contributed by atoms with Crippen LogP contribution in [0.4, 0.5) is 11.4 Å². The number of nitrogens with zero attached hydrogens (tertiary/aromatic N) is 3. The van der Waals surface area contributed by atoms with Crippen LogP contribution in [-0.4, -0.2) is 60.2 Å². The number of anilines is 2. The molecule has 0 aliphatic carbocycles. The first kappa shape index (κ1) is 23.6. The lowest BCUT2D eigenvalue weighted by Gasteiger charge is -2.28. The number of imidazole rings is 1. The maximum atomic E-state index is 12.9. The van der Waals surface area contributed by atoms with Crippen LogP contribution in [0.1, 0.15) is 13.8 Å². The lowest BCUT2D eigenvalue weighted by molar-refractivity contribution is -0.115. The van der Waals surface area contributed by atoms with Crippen molar-refractivity contribution in [3.05, 3.63) is 48.7 Å². The predicted molar refractivity (Wildman–Crippen MR) is 138 cm³/mol. The van der Waals surface area contributed by atoms with Crippen molar-refractivity contribution in [1.29, 1.82) is 0 Å². The summed E-state index contributed by atoms with van der Waals surface area (Å²) in [6.45, 7) is 9.10. The summed E-state index contributed by atoms with van der Waals surface area (Å²) in [5.74, 6) is 1.46. The van der Waals surface area contributed by atoms with Crippen LogP contribution in [0.25, 0.3) is 11.3 Å². The van der Waals surface area contributed by atoms with E-state index in [1.54, 1.807) is 0 Å². The van der Waals surface area contributed by atoms with Crippen LogP contribution in [0.3, 0.4) is 0 Å². The monoisotopic (exact) mass is 494 g/mol. The average molecular weight is 495 g/mol. The fraction of sp³-hybridized carbons (Fsp3) is 0.385. The number of hydrogen-bond acceptors (Lipinski definition) is 7. The van der Waals surface area contributed by atoms with Crippen LogP contribution in [0.15, 0.2) is 53.8 Å². The van der Waals surface area contributed by atoms with E-state index in [1.807, 2.05) is 55.6 Å². The Balaban J connectivity index is 1.24. The zero-order valence-corrected chi connectivity index (χ0v) is 20.8. The van der Waals surface area contributed by atoms with Crippen molar-refractivity contribution in [1.82, 2.24) is 9.55 Å². The number of nitrogens with one attached hydrogen (secondary N) is 1. The Hall–Kier alpha value is -3.17. The highest BCUT2D eigenvalue weighted by Gasteiger charge is 2.21.